The van der Waals surface area contributed by atoms with Crippen molar-refractivity contribution in [1.29, 1.82) is 0 Å². The van der Waals surface area contributed by atoms with Crippen LogP contribution in [0.25, 0.3) is 11.0 Å². The number of furan rings is 1. The molecule has 0 aliphatic rings. The van der Waals surface area contributed by atoms with Crippen molar-refractivity contribution in [3.05, 3.63) is 93.2 Å². The van der Waals surface area contributed by atoms with Crippen molar-refractivity contribution in [1.82, 2.24) is 0 Å². The number of aryl methyl sites for hydroxylation is 2. The summed E-state index contributed by atoms with van der Waals surface area (Å²) < 4.78 is 5.59. The Morgan fingerprint density at radius 3 is 2.59 bits per heavy atom. The van der Waals surface area contributed by atoms with Gasteiger partial charge in [-0.1, -0.05) is 18.2 Å². The summed E-state index contributed by atoms with van der Waals surface area (Å²) in [5, 5.41) is 24.9. The molecule has 1 amide bonds. The zero-order valence-electron chi connectivity index (χ0n) is 17.3. The van der Waals surface area contributed by atoms with Gasteiger partial charge in [0.1, 0.15) is 11.3 Å². The molecule has 8 nitrogen and oxygen atoms in total. The van der Waals surface area contributed by atoms with Gasteiger partial charge in [0.2, 0.25) is 0 Å². The fourth-order valence-electron chi connectivity index (χ4n) is 3.28. The van der Waals surface area contributed by atoms with Crippen molar-refractivity contribution in [2.45, 2.75) is 13.8 Å². The van der Waals surface area contributed by atoms with Crippen LogP contribution in [0.1, 0.15) is 27.2 Å². The van der Waals surface area contributed by atoms with Crippen LogP contribution in [-0.4, -0.2) is 22.2 Å². The lowest BCUT2D eigenvalue weighted by Crippen LogP contribution is -2.11. The van der Waals surface area contributed by atoms with Crippen LogP contribution in [0.4, 0.5) is 17.1 Å². The molecular formula is C24H19N3O5. The van der Waals surface area contributed by atoms with Crippen LogP contribution in [0.3, 0.4) is 0 Å². The number of nitrogens with one attached hydrogen (secondary N) is 1. The first kappa shape index (κ1) is 20.8. The van der Waals surface area contributed by atoms with Crippen molar-refractivity contribution in [2.24, 2.45) is 4.99 Å². The number of phenolic OH excluding ortho intramolecular Hbond substituents is 1. The Balaban J connectivity index is 1.53. The highest BCUT2D eigenvalue weighted by Gasteiger charge is 2.14. The summed E-state index contributed by atoms with van der Waals surface area (Å²) >= 11 is 0. The molecular weight excluding hydrogens is 410 g/mol. The molecule has 1 aromatic heterocycles. The molecule has 0 spiro atoms. The molecule has 0 aliphatic carbocycles. The first-order chi connectivity index (χ1) is 15.3. The average Bonchev–Trinajstić information content (AvgIpc) is 3.20. The van der Waals surface area contributed by atoms with Crippen molar-refractivity contribution in [3.63, 3.8) is 0 Å². The number of carbonyl (C=O) groups excluding carboxylic acids is 1. The molecule has 4 aromatic rings. The summed E-state index contributed by atoms with van der Waals surface area (Å²) in [7, 11) is 0. The average molecular weight is 429 g/mol. The SMILES string of the molecule is Cc1cc(N=Cc2cc([N+](=O)[O-])cc(C)c2O)ccc1NC(=O)c1cc2ccccc2o1. The number of hydrogen-bond donors (Lipinski definition) is 2. The van der Waals surface area contributed by atoms with Gasteiger partial charge in [-0.2, -0.15) is 0 Å². The smallest absolute Gasteiger partial charge is 0.291 e. The predicted molar refractivity (Wildman–Crippen MR) is 122 cm³/mol. The maximum atomic E-state index is 12.6. The summed E-state index contributed by atoms with van der Waals surface area (Å²) in [5.74, 6) is -0.215. The van der Waals surface area contributed by atoms with Crippen LogP contribution >= 0.6 is 0 Å². The van der Waals surface area contributed by atoms with Gasteiger partial charge in [-0.25, -0.2) is 0 Å². The molecule has 32 heavy (non-hydrogen) atoms. The zero-order valence-corrected chi connectivity index (χ0v) is 17.3. The van der Waals surface area contributed by atoms with Gasteiger partial charge >= 0.3 is 0 Å². The number of hydrogen-bond acceptors (Lipinski definition) is 6. The molecule has 0 bridgehead atoms. The van der Waals surface area contributed by atoms with E-state index in [2.05, 4.69) is 10.3 Å². The van der Waals surface area contributed by atoms with Crippen LogP contribution in [-0.2, 0) is 0 Å². The number of carbonyl (C=O) groups is 1. The molecule has 0 atom stereocenters. The van der Waals surface area contributed by atoms with Crippen LogP contribution in [0.15, 0.2) is 70.1 Å². The minimum atomic E-state index is -0.520. The fourth-order valence-corrected chi connectivity index (χ4v) is 3.28. The number of phenols is 1. The number of non-ortho nitro benzene ring substituents is 1. The third kappa shape index (κ3) is 4.20. The number of nitro benzene ring substituents is 1. The lowest BCUT2D eigenvalue weighted by Gasteiger charge is -2.08. The number of benzene rings is 3. The maximum Gasteiger partial charge on any atom is 0.291 e. The number of amides is 1. The second kappa shape index (κ2) is 8.35. The molecule has 4 rings (SSSR count). The second-order valence-electron chi connectivity index (χ2n) is 7.32. The molecule has 0 saturated heterocycles. The Morgan fingerprint density at radius 1 is 1.09 bits per heavy atom. The van der Waals surface area contributed by atoms with Crippen molar-refractivity contribution in [3.8, 4) is 5.75 Å². The predicted octanol–water partition coefficient (Wildman–Crippen LogP) is 5.67. The largest absolute Gasteiger partial charge is 0.507 e. The number of para-hydroxylation sites is 1. The minimum absolute atomic E-state index is 0.0641. The summed E-state index contributed by atoms with van der Waals surface area (Å²) in [6.45, 7) is 3.41. The van der Waals surface area contributed by atoms with E-state index in [9.17, 15) is 20.0 Å². The third-order valence-corrected chi connectivity index (χ3v) is 4.99. The quantitative estimate of drug-likeness (QED) is 0.241. The van der Waals surface area contributed by atoms with E-state index in [1.165, 1.54) is 18.3 Å². The molecule has 0 saturated carbocycles. The third-order valence-electron chi connectivity index (χ3n) is 4.99. The number of aromatic hydroxyl groups is 1. The Kier molecular flexibility index (Phi) is 5.43. The zero-order chi connectivity index (χ0) is 22.8. The Hall–Kier alpha value is -4.46. The first-order valence-electron chi connectivity index (χ1n) is 9.74. The van der Waals surface area contributed by atoms with Gasteiger partial charge in [0.05, 0.1) is 10.6 Å². The standard InChI is InChI=1S/C24H19N3O5/c1-14-9-18(25-13-17-11-19(27(30)31)10-15(2)23(17)28)7-8-20(14)26-24(29)22-12-16-5-3-4-6-21(16)32-22/h3-13,28H,1-2H3,(H,26,29). The number of rotatable bonds is 5. The second-order valence-corrected chi connectivity index (χ2v) is 7.32. The van der Waals surface area contributed by atoms with E-state index in [0.29, 0.717) is 22.5 Å². The van der Waals surface area contributed by atoms with Crippen molar-refractivity contribution < 1.29 is 19.2 Å². The van der Waals surface area contributed by atoms with Crippen molar-refractivity contribution >= 4 is 40.2 Å². The van der Waals surface area contributed by atoms with Crippen LogP contribution in [0.5, 0.6) is 5.75 Å². The van der Waals surface area contributed by atoms with Gasteiger partial charge in [0.15, 0.2) is 5.76 Å². The minimum Gasteiger partial charge on any atom is -0.507 e. The summed E-state index contributed by atoms with van der Waals surface area (Å²) in [5.41, 5.74) is 3.08. The molecule has 0 radical (unpaired) electrons. The van der Waals surface area contributed by atoms with E-state index in [0.717, 1.165) is 10.9 Å². The lowest BCUT2D eigenvalue weighted by atomic mass is 10.1. The number of nitro groups is 1. The highest BCUT2D eigenvalue weighted by Crippen LogP contribution is 2.28. The molecule has 1 heterocycles. The van der Waals surface area contributed by atoms with Gasteiger partial charge in [0, 0.05) is 35.0 Å². The summed E-state index contributed by atoms with van der Waals surface area (Å²) in [6.07, 6.45) is 1.37. The topological polar surface area (TPSA) is 118 Å². The van der Waals surface area contributed by atoms with E-state index in [-0.39, 0.29) is 28.7 Å². The number of nitrogens with zero attached hydrogens (tertiary/aromatic N) is 2. The van der Waals surface area contributed by atoms with E-state index in [4.69, 9.17) is 4.42 Å². The highest BCUT2D eigenvalue weighted by atomic mass is 16.6. The Bertz CT molecular complexity index is 1350. The van der Waals surface area contributed by atoms with Crippen LogP contribution in [0.2, 0.25) is 0 Å². The van der Waals surface area contributed by atoms with E-state index in [1.807, 2.05) is 25.1 Å². The van der Waals surface area contributed by atoms with Crippen molar-refractivity contribution in [2.75, 3.05) is 5.32 Å². The molecule has 0 aliphatic heterocycles. The molecule has 0 unspecified atom stereocenters. The van der Waals surface area contributed by atoms with Crippen LogP contribution in [0, 0.1) is 24.0 Å². The van der Waals surface area contributed by atoms with Crippen LogP contribution < -0.4 is 5.32 Å². The number of fused-ring (bicyclic) bond motifs is 1. The number of aliphatic imine (C=N–C) groups is 1. The molecule has 3 aromatic carbocycles. The summed E-state index contributed by atoms with van der Waals surface area (Å²) in [4.78, 5) is 27.4. The molecule has 2 N–H and O–H groups in total. The Morgan fingerprint density at radius 2 is 1.88 bits per heavy atom. The molecule has 160 valence electrons. The van der Waals surface area contributed by atoms with E-state index in [1.54, 1.807) is 37.3 Å². The Labute approximate surface area is 183 Å². The normalized spacial score (nSPS) is 11.2. The van der Waals surface area contributed by atoms with E-state index >= 15 is 0 Å². The molecule has 0 fully saturated rings. The van der Waals surface area contributed by atoms with Gasteiger partial charge in [-0.05, 0) is 55.3 Å². The fraction of sp³-hybridized carbons (Fsp3) is 0.0833. The number of anilines is 1. The van der Waals surface area contributed by atoms with E-state index < -0.39 is 4.92 Å². The molecule has 8 heteroatoms. The first-order valence-corrected chi connectivity index (χ1v) is 9.74. The monoisotopic (exact) mass is 429 g/mol. The van der Waals surface area contributed by atoms with Gasteiger partial charge < -0.3 is 14.8 Å². The van der Waals surface area contributed by atoms with Gasteiger partial charge in [-0.15, -0.1) is 0 Å². The van der Waals surface area contributed by atoms with Gasteiger partial charge in [0.25, 0.3) is 11.6 Å². The maximum absolute atomic E-state index is 12.6. The lowest BCUT2D eigenvalue weighted by molar-refractivity contribution is -0.384. The summed E-state index contributed by atoms with van der Waals surface area (Å²) in [6, 6.07) is 16.8. The van der Waals surface area contributed by atoms with Gasteiger partial charge in [-0.3, -0.25) is 19.9 Å². The highest BCUT2D eigenvalue weighted by molar-refractivity contribution is 6.05.